The van der Waals surface area contributed by atoms with Gasteiger partial charge in [-0.05, 0) is 12.1 Å². The van der Waals surface area contributed by atoms with Crippen LogP contribution < -0.4 is 10.8 Å². The maximum absolute atomic E-state index is 10.3. The maximum Gasteiger partial charge on any atom is 0.116 e. The average molecular weight is 181 g/mol. The lowest BCUT2D eigenvalue weighted by Crippen LogP contribution is -2.55. The van der Waals surface area contributed by atoms with Crippen LogP contribution in [0.15, 0.2) is 24.3 Å². The molecule has 0 heterocycles. The van der Waals surface area contributed by atoms with Crippen molar-refractivity contribution in [2.75, 3.05) is 0 Å². The number of aromatic hydroxyl groups is 1. The molecule has 0 aliphatic heterocycles. The highest BCUT2D eigenvalue weighted by molar-refractivity contribution is 5.65. The summed E-state index contributed by atoms with van der Waals surface area (Å²) >= 11 is 0. The van der Waals surface area contributed by atoms with Crippen molar-refractivity contribution in [3.8, 4) is 5.75 Å². The zero-order valence-electron chi connectivity index (χ0n) is 7.06. The Labute approximate surface area is 75.6 Å². The Morgan fingerprint density at radius 1 is 1.62 bits per heavy atom. The molecule has 0 aliphatic carbocycles. The normalized spacial score (nSPS) is 12.4. The lowest BCUT2D eigenvalue weighted by atomic mass is 10.0. The largest absolute Gasteiger partial charge is 0.550 e. The van der Waals surface area contributed by atoms with Crippen LogP contribution in [0.1, 0.15) is 18.0 Å². The van der Waals surface area contributed by atoms with Crippen molar-refractivity contribution in [3.05, 3.63) is 29.8 Å². The molecular formula is C9H11NO3. The van der Waals surface area contributed by atoms with Crippen molar-refractivity contribution < 1.29 is 20.7 Å². The molecule has 1 atom stereocenters. The number of aliphatic carboxylic acids is 1. The van der Waals surface area contributed by atoms with E-state index in [1.807, 2.05) is 0 Å². The molecule has 0 amide bonds. The number of carboxylic acids is 1. The SMILES string of the molecule is [NH3+][C@@H](CC(=O)[O-])c1cccc(O)c1. The molecule has 4 nitrogen and oxygen atoms in total. The van der Waals surface area contributed by atoms with Gasteiger partial charge in [0.2, 0.25) is 0 Å². The van der Waals surface area contributed by atoms with Gasteiger partial charge >= 0.3 is 0 Å². The van der Waals surface area contributed by atoms with E-state index in [9.17, 15) is 9.90 Å². The predicted molar refractivity (Wildman–Crippen MR) is 43.4 cm³/mol. The quantitative estimate of drug-likeness (QED) is 0.615. The van der Waals surface area contributed by atoms with Crippen LogP contribution in [0.5, 0.6) is 5.75 Å². The van der Waals surface area contributed by atoms with Crippen LogP contribution in [0, 0.1) is 0 Å². The molecule has 13 heavy (non-hydrogen) atoms. The van der Waals surface area contributed by atoms with Crippen LogP contribution in [0.4, 0.5) is 0 Å². The van der Waals surface area contributed by atoms with Gasteiger partial charge in [0.25, 0.3) is 0 Å². The number of carbonyl (C=O) groups excluding carboxylic acids is 1. The second kappa shape index (κ2) is 3.91. The number of benzene rings is 1. The topological polar surface area (TPSA) is 88.0 Å². The summed E-state index contributed by atoms with van der Waals surface area (Å²) < 4.78 is 0. The van der Waals surface area contributed by atoms with Crippen LogP contribution in [0.25, 0.3) is 0 Å². The van der Waals surface area contributed by atoms with E-state index in [1.165, 1.54) is 12.1 Å². The Hall–Kier alpha value is -1.55. The first-order valence-corrected chi connectivity index (χ1v) is 3.91. The summed E-state index contributed by atoms with van der Waals surface area (Å²) in [5.41, 5.74) is 4.36. The first-order chi connectivity index (χ1) is 6.09. The summed E-state index contributed by atoms with van der Waals surface area (Å²) in [5, 5.41) is 19.4. The van der Waals surface area contributed by atoms with Gasteiger partial charge in [0.1, 0.15) is 11.8 Å². The number of phenolic OH excluding ortho intramolecular Hbond substituents is 1. The predicted octanol–water partition coefficient (Wildman–Crippen LogP) is -1.18. The lowest BCUT2D eigenvalue weighted by Gasteiger charge is -2.09. The van der Waals surface area contributed by atoms with Crippen LogP contribution in [0.2, 0.25) is 0 Å². The average Bonchev–Trinajstić information content (AvgIpc) is 2.03. The third-order valence-electron chi connectivity index (χ3n) is 1.75. The number of rotatable bonds is 3. The standard InChI is InChI=1S/C9H11NO3/c10-8(5-9(12)13)6-2-1-3-7(11)4-6/h1-4,8,11H,5,10H2,(H,12,13)/t8-/m0/s1. The smallest absolute Gasteiger partial charge is 0.116 e. The van der Waals surface area contributed by atoms with Crippen molar-refractivity contribution in [1.29, 1.82) is 0 Å². The molecule has 0 aromatic heterocycles. The molecular weight excluding hydrogens is 170 g/mol. The molecule has 0 saturated carbocycles. The van der Waals surface area contributed by atoms with Crippen LogP contribution >= 0.6 is 0 Å². The minimum atomic E-state index is -1.14. The Morgan fingerprint density at radius 2 is 2.31 bits per heavy atom. The maximum atomic E-state index is 10.3. The molecule has 4 heteroatoms. The van der Waals surface area contributed by atoms with Crippen molar-refractivity contribution in [3.63, 3.8) is 0 Å². The highest BCUT2D eigenvalue weighted by atomic mass is 16.4. The van der Waals surface area contributed by atoms with Gasteiger partial charge in [-0.2, -0.15) is 0 Å². The Bertz CT molecular complexity index is 311. The molecule has 0 spiro atoms. The van der Waals surface area contributed by atoms with Gasteiger partial charge in [-0.15, -0.1) is 0 Å². The van der Waals surface area contributed by atoms with Gasteiger partial charge in [-0.3, -0.25) is 0 Å². The first-order valence-electron chi connectivity index (χ1n) is 3.91. The Kier molecular flexibility index (Phi) is 2.87. The molecule has 0 bridgehead atoms. The molecule has 0 unspecified atom stereocenters. The third-order valence-corrected chi connectivity index (χ3v) is 1.75. The van der Waals surface area contributed by atoms with Gasteiger partial charge in [-0.25, -0.2) is 0 Å². The van der Waals surface area contributed by atoms with Crippen molar-refractivity contribution in [1.82, 2.24) is 0 Å². The molecule has 1 rings (SSSR count). The van der Waals surface area contributed by atoms with Crippen LogP contribution in [-0.4, -0.2) is 11.1 Å². The zero-order valence-corrected chi connectivity index (χ0v) is 7.06. The van der Waals surface area contributed by atoms with Crippen molar-refractivity contribution >= 4 is 5.97 Å². The number of phenols is 1. The fourth-order valence-electron chi connectivity index (χ4n) is 1.10. The molecule has 0 saturated heterocycles. The van der Waals surface area contributed by atoms with Gasteiger partial charge < -0.3 is 20.7 Å². The highest BCUT2D eigenvalue weighted by Crippen LogP contribution is 2.16. The molecule has 4 N–H and O–H groups in total. The molecule has 1 aromatic rings. The first kappa shape index (κ1) is 9.54. The minimum absolute atomic E-state index is 0.115. The Morgan fingerprint density at radius 3 is 2.85 bits per heavy atom. The minimum Gasteiger partial charge on any atom is -0.550 e. The number of carboxylic acid groups (broad SMARTS) is 1. The van der Waals surface area contributed by atoms with Crippen molar-refractivity contribution in [2.45, 2.75) is 12.5 Å². The second-order valence-corrected chi connectivity index (χ2v) is 2.87. The summed E-state index contributed by atoms with van der Waals surface area (Å²) in [6.07, 6.45) is -0.135. The Balaban J connectivity index is 2.76. The molecule has 0 fully saturated rings. The van der Waals surface area contributed by atoms with E-state index >= 15 is 0 Å². The summed E-state index contributed by atoms with van der Waals surface area (Å²) in [6, 6.07) is 6.02. The second-order valence-electron chi connectivity index (χ2n) is 2.87. The van der Waals surface area contributed by atoms with Gasteiger partial charge in [-0.1, -0.05) is 12.1 Å². The number of carbonyl (C=O) groups is 1. The van der Waals surface area contributed by atoms with E-state index in [2.05, 4.69) is 5.73 Å². The van der Waals surface area contributed by atoms with E-state index in [-0.39, 0.29) is 18.2 Å². The number of hydrogen-bond acceptors (Lipinski definition) is 3. The van der Waals surface area contributed by atoms with Crippen LogP contribution in [-0.2, 0) is 4.79 Å². The molecule has 0 radical (unpaired) electrons. The monoisotopic (exact) mass is 181 g/mol. The highest BCUT2D eigenvalue weighted by Gasteiger charge is 2.09. The fraction of sp³-hybridized carbons (Fsp3) is 0.222. The van der Waals surface area contributed by atoms with Crippen molar-refractivity contribution in [2.24, 2.45) is 0 Å². The van der Waals surface area contributed by atoms with Crippen LogP contribution in [0.3, 0.4) is 0 Å². The lowest BCUT2D eigenvalue weighted by molar-refractivity contribution is -0.430. The third kappa shape index (κ3) is 2.76. The van der Waals surface area contributed by atoms with E-state index in [0.29, 0.717) is 5.56 Å². The summed E-state index contributed by atoms with van der Waals surface area (Å²) in [4.78, 5) is 10.3. The van der Waals surface area contributed by atoms with E-state index in [0.717, 1.165) is 0 Å². The number of hydrogen-bond donors (Lipinski definition) is 2. The molecule has 0 aliphatic rings. The summed E-state index contributed by atoms with van der Waals surface area (Å²) in [6.45, 7) is 0. The van der Waals surface area contributed by atoms with Gasteiger partial charge in [0, 0.05) is 18.0 Å². The number of quaternary nitrogens is 1. The van der Waals surface area contributed by atoms with E-state index in [1.54, 1.807) is 12.1 Å². The van der Waals surface area contributed by atoms with Gasteiger partial charge in [0.15, 0.2) is 0 Å². The zero-order chi connectivity index (χ0) is 9.84. The fourth-order valence-corrected chi connectivity index (χ4v) is 1.10. The van der Waals surface area contributed by atoms with E-state index in [4.69, 9.17) is 5.11 Å². The van der Waals surface area contributed by atoms with E-state index < -0.39 is 5.97 Å². The molecule has 1 aromatic carbocycles. The molecule has 70 valence electrons. The summed E-state index contributed by atoms with van der Waals surface area (Å²) in [5.74, 6) is -1.02. The van der Waals surface area contributed by atoms with Gasteiger partial charge in [0.05, 0.1) is 0 Å². The summed E-state index contributed by atoms with van der Waals surface area (Å²) in [7, 11) is 0.